The summed E-state index contributed by atoms with van der Waals surface area (Å²) in [4.78, 5) is 13.9. The minimum absolute atomic E-state index is 0.540. The van der Waals surface area contributed by atoms with Gasteiger partial charge in [0.25, 0.3) is 0 Å². The summed E-state index contributed by atoms with van der Waals surface area (Å²) >= 11 is 12.2. The van der Waals surface area contributed by atoms with Gasteiger partial charge in [0.15, 0.2) is 5.96 Å². The molecule has 0 unspecified atom stereocenters. The molecular weight excluding hydrogens is 409 g/mol. The second-order valence-electron chi connectivity index (χ2n) is 7.19. The molecule has 2 aromatic rings. The lowest BCUT2D eigenvalue weighted by atomic mass is 10.2. The SMILES string of the molecule is CCNC(=NCc1ccnc(N2CCN(C)CC2)c1)NCc1cc(Cl)c(Cl)n1C. The van der Waals surface area contributed by atoms with E-state index < -0.39 is 0 Å². The summed E-state index contributed by atoms with van der Waals surface area (Å²) in [5.41, 5.74) is 2.13. The van der Waals surface area contributed by atoms with Crippen LogP contribution in [-0.4, -0.2) is 60.2 Å². The maximum absolute atomic E-state index is 6.15. The highest BCUT2D eigenvalue weighted by molar-refractivity contribution is 6.41. The number of rotatable bonds is 6. The maximum Gasteiger partial charge on any atom is 0.191 e. The van der Waals surface area contributed by atoms with Crippen LogP contribution >= 0.6 is 23.2 Å². The van der Waals surface area contributed by atoms with E-state index in [1.165, 1.54) is 0 Å². The van der Waals surface area contributed by atoms with E-state index in [4.69, 9.17) is 28.2 Å². The van der Waals surface area contributed by atoms with E-state index in [-0.39, 0.29) is 0 Å². The molecule has 0 aromatic carbocycles. The predicted molar refractivity (Wildman–Crippen MR) is 121 cm³/mol. The fourth-order valence-corrected chi connectivity index (χ4v) is 3.63. The molecule has 158 valence electrons. The smallest absolute Gasteiger partial charge is 0.191 e. The van der Waals surface area contributed by atoms with Crippen LogP contribution in [0.5, 0.6) is 0 Å². The fourth-order valence-electron chi connectivity index (χ4n) is 3.21. The van der Waals surface area contributed by atoms with Crippen molar-refractivity contribution >= 4 is 35.0 Å². The third kappa shape index (κ3) is 5.78. The van der Waals surface area contributed by atoms with Gasteiger partial charge in [-0.2, -0.15) is 0 Å². The van der Waals surface area contributed by atoms with Gasteiger partial charge < -0.3 is 25.0 Å². The van der Waals surface area contributed by atoms with Crippen LogP contribution in [0.4, 0.5) is 5.82 Å². The van der Waals surface area contributed by atoms with Crippen molar-refractivity contribution in [2.45, 2.75) is 20.0 Å². The Kier molecular flexibility index (Phi) is 7.64. The van der Waals surface area contributed by atoms with Crippen molar-refractivity contribution in [1.29, 1.82) is 0 Å². The third-order valence-corrected chi connectivity index (χ3v) is 5.90. The highest BCUT2D eigenvalue weighted by atomic mass is 35.5. The molecule has 7 nitrogen and oxygen atoms in total. The first-order valence-electron chi connectivity index (χ1n) is 9.88. The summed E-state index contributed by atoms with van der Waals surface area (Å²) in [6, 6.07) is 6.02. The number of piperazine rings is 1. The average molecular weight is 438 g/mol. The van der Waals surface area contributed by atoms with Crippen molar-refractivity contribution in [3.05, 3.63) is 45.8 Å². The van der Waals surface area contributed by atoms with Gasteiger partial charge in [-0.15, -0.1) is 0 Å². The number of hydrogen-bond donors (Lipinski definition) is 2. The molecule has 29 heavy (non-hydrogen) atoms. The van der Waals surface area contributed by atoms with Gasteiger partial charge in [0.1, 0.15) is 11.0 Å². The Balaban J connectivity index is 1.63. The predicted octanol–water partition coefficient (Wildman–Crippen LogP) is 2.73. The first kappa shape index (κ1) is 21.7. The lowest BCUT2D eigenvalue weighted by Gasteiger charge is -2.33. The van der Waals surface area contributed by atoms with Crippen molar-refractivity contribution < 1.29 is 0 Å². The third-order valence-electron chi connectivity index (χ3n) is 5.05. The van der Waals surface area contributed by atoms with E-state index in [1.807, 2.05) is 36.9 Å². The van der Waals surface area contributed by atoms with E-state index in [9.17, 15) is 0 Å². The lowest BCUT2D eigenvalue weighted by molar-refractivity contribution is 0.312. The van der Waals surface area contributed by atoms with Crippen molar-refractivity contribution in [2.24, 2.45) is 12.0 Å². The molecule has 0 spiro atoms. The number of nitrogens with zero attached hydrogens (tertiary/aromatic N) is 5. The van der Waals surface area contributed by atoms with Gasteiger partial charge in [0.05, 0.1) is 18.1 Å². The molecule has 0 radical (unpaired) electrons. The number of hydrogen-bond acceptors (Lipinski definition) is 4. The van der Waals surface area contributed by atoms with Crippen molar-refractivity contribution in [2.75, 3.05) is 44.7 Å². The zero-order chi connectivity index (χ0) is 20.8. The van der Waals surface area contributed by atoms with Crippen LogP contribution in [0.2, 0.25) is 10.2 Å². The zero-order valence-corrected chi connectivity index (χ0v) is 18.8. The van der Waals surface area contributed by atoms with Crippen molar-refractivity contribution in [1.82, 2.24) is 25.1 Å². The molecule has 0 aliphatic carbocycles. The van der Waals surface area contributed by atoms with E-state index in [0.717, 1.165) is 55.8 Å². The normalized spacial score (nSPS) is 15.6. The van der Waals surface area contributed by atoms with Gasteiger partial charge in [-0.3, -0.25) is 0 Å². The van der Waals surface area contributed by atoms with Crippen LogP contribution in [0.3, 0.4) is 0 Å². The highest BCUT2D eigenvalue weighted by Crippen LogP contribution is 2.24. The molecular formula is C20H29Cl2N7. The van der Waals surface area contributed by atoms with Crippen LogP contribution in [0.25, 0.3) is 0 Å². The van der Waals surface area contributed by atoms with Gasteiger partial charge in [-0.1, -0.05) is 23.2 Å². The number of guanidine groups is 1. The number of aliphatic imine (C=N–C) groups is 1. The monoisotopic (exact) mass is 437 g/mol. The first-order chi connectivity index (χ1) is 14.0. The van der Waals surface area contributed by atoms with Crippen LogP contribution in [0.1, 0.15) is 18.2 Å². The van der Waals surface area contributed by atoms with Crippen LogP contribution in [0.15, 0.2) is 29.4 Å². The lowest BCUT2D eigenvalue weighted by Crippen LogP contribution is -2.44. The van der Waals surface area contributed by atoms with E-state index in [0.29, 0.717) is 23.3 Å². The molecule has 0 bridgehead atoms. The topological polar surface area (TPSA) is 60.7 Å². The van der Waals surface area contributed by atoms with Crippen LogP contribution in [0, 0.1) is 0 Å². The van der Waals surface area contributed by atoms with Crippen molar-refractivity contribution in [3.63, 3.8) is 0 Å². The molecule has 0 atom stereocenters. The first-order valence-corrected chi connectivity index (χ1v) is 10.6. The number of halogens is 2. The molecule has 1 aliphatic heterocycles. The Morgan fingerprint density at radius 2 is 1.90 bits per heavy atom. The van der Waals surface area contributed by atoms with Crippen molar-refractivity contribution in [3.8, 4) is 0 Å². The summed E-state index contributed by atoms with van der Waals surface area (Å²) in [6.45, 7) is 8.11. The fraction of sp³-hybridized carbons (Fsp3) is 0.500. The molecule has 1 fully saturated rings. The molecule has 0 saturated carbocycles. The molecule has 3 rings (SSSR count). The number of likely N-dealkylation sites (N-methyl/N-ethyl adjacent to an activating group) is 1. The Bertz CT molecular complexity index is 841. The Morgan fingerprint density at radius 1 is 1.14 bits per heavy atom. The molecule has 0 amide bonds. The zero-order valence-electron chi connectivity index (χ0n) is 17.3. The number of aromatic nitrogens is 2. The van der Waals surface area contributed by atoms with Gasteiger partial charge in [-0.25, -0.2) is 9.98 Å². The highest BCUT2D eigenvalue weighted by Gasteiger charge is 2.15. The van der Waals surface area contributed by atoms with Gasteiger partial charge in [0, 0.05) is 51.7 Å². The Labute approximate surface area is 182 Å². The van der Waals surface area contributed by atoms with Gasteiger partial charge in [0.2, 0.25) is 0 Å². The minimum Gasteiger partial charge on any atom is -0.357 e. The van der Waals surface area contributed by atoms with Gasteiger partial charge in [-0.05, 0) is 37.7 Å². The molecule has 9 heteroatoms. The Morgan fingerprint density at radius 3 is 2.55 bits per heavy atom. The Hall–Kier alpha value is -1.96. The summed E-state index contributed by atoms with van der Waals surface area (Å²) in [5, 5.41) is 7.72. The van der Waals surface area contributed by atoms with Crippen LogP contribution < -0.4 is 15.5 Å². The number of nitrogens with one attached hydrogen (secondary N) is 2. The molecule has 1 aliphatic rings. The van der Waals surface area contributed by atoms with Gasteiger partial charge >= 0.3 is 0 Å². The molecule has 2 aromatic heterocycles. The molecule has 3 heterocycles. The second-order valence-corrected chi connectivity index (χ2v) is 7.96. The van der Waals surface area contributed by atoms with E-state index in [2.05, 4.69) is 38.5 Å². The molecule has 1 saturated heterocycles. The quantitative estimate of drug-likeness (QED) is 0.537. The summed E-state index contributed by atoms with van der Waals surface area (Å²) in [5.74, 6) is 1.77. The molecule has 2 N–H and O–H groups in total. The van der Waals surface area contributed by atoms with E-state index >= 15 is 0 Å². The minimum atomic E-state index is 0.540. The summed E-state index contributed by atoms with van der Waals surface area (Å²) in [7, 11) is 4.05. The number of anilines is 1. The summed E-state index contributed by atoms with van der Waals surface area (Å²) in [6.07, 6.45) is 1.87. The standard InChI is InChI=1S/C20H29Cl2N7/c1-4-23-20(26-14-16-12-17(21)19(22)28(16)3)25-13-15-5-6-24-18(11-15)29-9-7-27(2)8-10-29/h5-6,11-12H,4,7-10,13-14H2,1-3H3,(H2,23,25,26). The van der Waals surface area contributed by atoms with E-state index in [1.54, 1.807) is 0 Å². The largest absolute Gasteiger partial charge is 0.357 e. The second kappa shape index (κ2) is 10.2. The maximum atomic E-state index is 6.15. The van der Waals surface area contributed by atoms with Crippen LogP contribution in [-0.2, 0) is 20.1 Å². The summed E-state index contributed by atoms with van der Waals surface area (Å²) < 4.78 is 1.87. The average Bonchev–Trinajstić information content (AvgIpc) is 2.97. The number of pyridine rings is 1.